The molecule has 1 aliphatic carbocycles. The quantitative estimate of drug-likeness (QED) is 0.127. The van der Waals surface area contributed by atoms with Gasteiger partial charge in [0.1, 0.15) is 0 Å². The van der Waals surface area contributed by atoms with Crippen LogP contribution in [0.25, 0.3) is 53.8 Å². The average Bonchev–Trinajstić information content (AvgIpc) is 3.51. The Morgan fingerprint density at radius 1 is 0.755 bits per heavy atom. The summed E-state index contributed by atoms with van der Waals surface area (Å²) in [6.45, 7) is 2.19. The number of benzene rings is 4. The molecule has 0 amide bonds. The van der Waals surface area contributed by atoms with E-state index in [2.05, 4.69) is 120 Å². The van der Waals surface area contributed by atoms with Crippen LogP contribution in [0.15, 0.2) is 116 Å². The summed E-state index contributed by atoms with van der Waals surface area (Å²) in [5, 5.41) is 2.53. The molecular weight excluding hydrogens is 853 g/mol. The summed E-state index contributed by atoms with van der Waals surface area (Å²) >= 11 is 0.0418. The fourth-order valence-electron chi connectivity index (χ4n) is 6.84. The summed E-state index contributed by atoms with van der Waals surface area (Å²) in [4.78, 5) is 9.30. The van der Waals surface area contributed by atoms with Gasteiger partial charge in [0.05, 0.1) is 0 Å². The van der Waals surface area contributed by atoms with Crippen molar-refractivity contribution >= 4 is 49.2 Å². The van der Waals surface area contributed by atoms with Gasteiger partial charge in [0.15, 0.2) is 0 Å². The van der Waals surface area contributed by atoms with Crippen molar-refractivity contribution in [2.75, 3.05) is 0 Å². The minimum Gasteiger partial charge on any atom is -0.305 e. The van der Waals surface area contributed by atoms with Crippen LogP contribution in [-0.2, 0) is 20.1 Å². The minimum atomic E-state index is -1.77. The zero-order valence-corrected chi connectivity index (χ0v) is 34.0. The predicted octanol–water partition coefficient (Wildman–Crippen LogP) is 12.0. The topological polar surface area (TPSA) is 25.8 Å². The van der Waals surface area contributed by atoms with Gasteiger partial charge >= 0.3 is 106 Å². The van der Waals surface area contributed by atoms with Gasteiger partial charge in [-0.15, -0.1) is 23.8 Å². The van der Waals surface area contributed by atoms with Gasteiger partial charge in [0.25, 0.3) is 0 Å². The van der Waals surface area contributed by atoms with Crippen LogP contribution in [0, 0.1) is 19.1 Å². The number of aromatic nitrogens is 2. The van der Waals surface area contributed by atoms with Crippen molar-refractivity contribution in [3.05, 3.63) is 139 Å². The van der Waals surface area contributed by atoms with Gasteiger partial charge in [-0.3, -0.25) is 0 Å². The molecule has 0 N–H and O–H groups in total. The maximum atomic E-state index is 9.04. The largest absolute Gasteiger partial charge is 0.305 e. The first-order valence-corrected chi connectivity index (χ1v) is 25.2. The monoisotopic (exact) mass is 898 g/mol. The third kappa shape index (κ3) is 7.99. The molecule has 249 valence electrons. The number of rotatable bonds is 5. The predicted molar refractivity (Wildman–Crippen MR) is 209 cm³/mol. The first-order chi connectivity index (χ1) is 23.7. The summed E-state index contributed by atoms with van der Waals surface area (Å²) in [5.41, 5.74) is 9.03. The molecule has 4 aromatic carbocycles. The van der Waals surface area contributed by atoms with Crippen molar-refractivity contribution in [2.24, 2.45) is 0 Å². The number of hydrogen-bond acceptors (Lipinski definition) is 3. The second kappa shape index (κ2) is 15.6. The minimum absolute atomic E-state index is 0. The maximum Gasteiger partial charge on any atom is 0.0352 e. The van der Waals surface area contributed by atoms with Crippen LogP contribution in [0.1, 0.15) is 50.5 Å². The van der Waals surface area contributed by atoms with Crippen LogP contribution in [0.3, 0.4) is 0 Å². The number of hydrogen-bond donors (Lipinski definition) is 0. The molecule has 0 saturated heterocycles. The Kier molecular flexibility index (Phi) is 10.9. The Bertz CT molecular complexity index is 2220. The van der Waals surface area contributed by atoms with Crippen molar-refractivity contribution in [3.8, 4) is 33.6 Å². The normalized spacial score (nSPS) is 14.4. The van der Waals surface area contributed by atoms with Crippen molar-refractivity contribution in [2.45, 2.75) is 62.2 Å². The summed E-state index contributed by atoms with van der Waals surface area (Å²) < 4.78 is 13.0. The fraction of sp³-hybridized carbons (Fsp3) is 0.227. The third-order valence-electron chi connectivity index (χ3n) is 9.33. The molecule has 3 heterocycles. The van der Waals surface area contributed by atoms with Gasteiger partial charge in [-0.1, -0.05) is 78.7 Å². The van der Waals surface area contributed by atoms with E-state index in [9.17, 15) is 0 Å². The zero-order chi connectivity index (χ0) is 34.0. The van der Waals surface area contributed by atoms with Crippen molar-refractivity contribution in [1.82, 2.24) is 9.97 Å². The molecule has 0 atom stereocenters. The Balaban J connectivity index is 0.000000204. The number of pyridine rings is 2. The van der Waals surface area contributed by atoms with Crippen LogP contribution >= 0.6 is 11.3 Å². The Hall–Kier alpha value is -3.41. The second-order valence-corrected chi connectivity index (χ2v) is 25.4. The van der Waals surface area contributed by atoms with E-state index in [1.54, 1.807) is 0 Å². The van der Waals surface area contributed by atoms with Crippen LogP contribution in [0.4, 0.5) is 0 Å². The number of aryl methyl sites for hydroxylation is 1. The van der Waals surface area contributed by atoms with Gasteiger partial charge in [-0.05, 0) is 57.8 Å². The van der Waals surface area contributed by atoms with E-state index in [4.69, 9.17) is 6.35 Å². The van der Waals surface area contributed by atoms with E-state index in [0.29, 0.717) is 0 Å². The molecule has 2 nitrogen and oxygen atoms in total. The summed E-state index contributed by atoms with van der Waals surface area (Å²) in [6, 6.07) is 42.5. The van der Waals surface area contributed by atoms with Gasteiger partial charge in [0.2, 0.25) is 0 Å². The molecule has 7 aromatic rings. The summed E-state index contributed by atoms with van der Waals surface area (Å²) in [5.74, 6) is 6.73. The Morgan fingerprint density at radius 2 is 1.55 bits per heavy atom. The molecular formula is C44H42GeIrN2S-2. The van der Waals surface area contributed by atoms with Crippen molar-refractivity contribution in [1.29, 1.82) is 0 Å². The summed E-state index contributed by atoms with van der Waals surface area (Å²) in [7, 11) is 0. The Labute approximate surface area is 313 Å². The van der Waals surface area contributed by atoms with Crippen LogP contribution in [0.5, 0.6) is 0 Å². The van der Waals surface area contributed by atoms with Gasteiger partial charge < -0.3 is 4.98 Å². The van der Waals surface area contributed by atoms with E-state index in [1.807, 2.05) is 47.9 Å². The van der Waals surface area contributed by atoms with Crippen LogP contribution < -0.4 is 4.40 Å². The molecule has 0 aliphatic heterocycles. The maximum absolute atomic E-state index is 9.04. The van der Waals surface area contributed by atoms with E-state index < -0.39 is 19.2 Å². The molecule has 1 saturated carbocycles. The zero-order valence-electron chi connectivity index (χ0n) is 29.6. The van der Waals surface area contributed by atoms with Crippen LogP contribution in [0.2, 0.25) is 17.3 Å². The van der Waals surface area contributed by atoms with Crippen molar-refractivity contribution < 1.29 is 21.5 Å². The molecule has 49 heavy (non-hydrogen) atoms. The summed E-state index contributed by atoms with van der Waals surface area (Å²) in [6.07, 6.45) is 9.36. The molecule has 8 rings (SSSR count). The van der Waals surface area contributed by atoms with Gasteiger partial charge in [-0.2, -0.15) is 11.3 Å². The van der Waals surface area contributed by atoms with E-state index in [0.717, 1.165) is 53.8 Å². The molecule has 0 spiro atoms. The fourth-order valence-corrected chi connectivity index (χ4v) is 11.7. The average molecular weight is 897 g/mol. The first kappa shape index (κ1) is 34.1. The smallest absolute Gasteiger partial charge is 0.0352 e. The van der Waals surface area contributed by atoms with E-state index >= 15 is 0 Å². The molecule has 1 fully saturated rings. The number of nitrogens with zero attached hydrogens (tertiary/aromatic N) is 2. The third-order valence-corrected chi connectivity index (χ3v) is 15.0. The Morgan fingerprint density at radius 3 is 2.29 bits per heavy atom. The molecule has 1 aliphatic rings. The SMILES string of the molecule is Cc1cc(-c2[c-]cccc2)nc[c]1[Ge]([CH3])([CH3])[CH3].[2H]C1(c2ccnc(-c3[c-]ccc4c3sc3cc(-c5ccccc5)ccc34)c2)CCCCC1.[Ir]. The molecule has 3 aromatic heterocycles. The molecule has 0 bridgehead atoms. The van der Waals surface area contributed by atoms with Crippen molar-refractivity contribution in [3.63, 3.8) is 0 Å². The van der Waals surface area contributed by atoms with Gasteiger partial charge in [0, 0.05) is 32.4 Å². The number of fused-ring (bicyclic) bond motifs is 3. The van der Waals surface area contributed by atoms with Crippen LogP contribution in [-0.4, -0.2) is 23.2 Å². The molecule has 0 unspecified atom stereocenters. The second-order valence-electron chi connectivity index (χ2n) is 13.8. The number of thiophene rings is 1. The standard InChI is InChI=1S/C29H24NS.C15H18GeN.Ir/c1-3-8-20(9-4-1)22-14-15-24-25-12-7-13-26(29(25)31-28(24)19-22)27-18-23(16-17-30-27)21-10-5-2-6-11-21;1-12-10-15(13-8-6-5-7-9-13)17-11-14(12)16(2,3)4;/h1,3-4,7-9,12,14-19,21H,2,5-6,10-11H2;5-8,10-11H,1-4H3;/q2*-1;/i21D;;. The van der Waals surface area contributed by atoms with Gasteiger partial charge in [-0.25, -0.2) is 0 Å². The van der Waals surface area contributed by atoms with E-state index in [1.165, 1.54) is 47.7 Å². The van der Waals surface area contributed by atoms with E-state index in [-0.39, 0.29) is 20.1 Å². The first-order valence-electron chi connectivity index (χ1n) is 17.5. The molecule has 5 heteroatoms. The molecule has 1 radical (unpaired) electrons.